The molecule has 0 aromatic rings. The molecule has 122 valence electrons. The molecule has 6 atom stereocenters. The molecule has 21 heavy (non-hydrogen) atoms. The monoisotopic (exact) mass is 302 g/mol. The largest absolute Gasteiger partial charge is 0.394 e. The van der Waals surface area contributed by atoms with Crippen LogP contribution < -0.4 is 0 Å². The Hall–Kier alpha value is -0.240. The first kappa shape index (κ1) is 15.6. The average Bonchev–Trinajstić information content (AvgIpc) is 2.51. The second-order valence-electron chi connectivity index (χ2n) is 6.46. The number of aliphatic hydroxyl groups excluding tert-OH is 3. The summed E-state index contributed by atoms with van der Waals surface area (Å²) in [6, 6.07) is 0. The van der Waals surface area contributed by atoms with E-state index in [1.54, 1.807) is 0 Å². The van der Waals surface area contributed by atoms with Crippen molar-refractivity contribution in [2.45, 2.75) is 75.3 Å². The second kappa shape index (κ2) is 6.89. The van der Waals surface area contributed by atoms with Crippen LogP contribution >= 0.6 is 0 Å². The molecule has 2 saturated heterocycles. The van der Waals surface area contributed by atoms with E-state index in [0.29, 0.717) is 6.42 Å². The predicted octanol–water partition coefficient (Wildman–Crippen LogP) is 0.180. The van der Waals surface area contributed by atoms with Crippen LogP contribution in [0.1, 0.15) is 38.5 Å². The van der Waals surface area contributed by atoms with Crippen molar-refractivity contribution < 1.29 is 29.5 Å². The van der Waals surface area contributed by atoms with Crippen molar-refractivity contribution in [3.63, 3.8) is 0 Å². The van der Waals surface area contributed by atoms with Crippen molar-refractivity contribution in [1.82, 2.24) is 0 Å². The van der Waals surface area contributed by atoms with E-state index in [0.717, 1.165) is 25.7 Å². The van der Waals surface area contributed by atoms with Crippen LogP contribution in [0.5, 0.6) is 0 Å². The van der Waals surface area contributed by atoms with E-state index in [1.807, 2.05) is 0 Å². The van der Waals surface area contributed by atoms with Gasteiger partial charge in [0.05, 0.1) is 31.5 Å². The number of aliphatic hydroxyl groups is 3. The summed E-state index contributed by atoms with van der Waals surface area (Å²) < 4.78 is 17.4. The maximum absolute atomic E-state index is 10.2. The zero-order valence-corrected chi connectivity index (χ0v) is 12.3. The minimum Gasteiger partial charge on any atom is -0.394 e. The lowest BCUT2D eigenvalue weighted by molar-refractivity contribution is -0.320. The van der Waals surface area contributed by atoms with Crippen molar-refractivity contribution in [1.29, 1.82) is 0 Å². The highest BCUT2D eigenvalue weighted by Gasteiger charge is 2.49. The van der Waals surface area contributed by atoms with Gasteiger partial charge in [0.2, 0.25) is 0 Å². The summed E-state index contributed by atoms with van der Waals surface area (Å²) in [4.78, 5) is 0. The summed E-state index contributed by atoms with van der Waals surface area (Å²) in [5.74, 6) is -0.187. The van der Waals surface area contributed by atoms with Crippen molar-refractivity contribution in [2.75, 3.05) is 13.2 Å². The molecule has 2 heterocycles. The quantitative estimate of drug-likeness (QED) is 0.689. The fraction of sp³-hybridized carbons (Fsp3) is 1.00. The Balaban J connectivity index is 1.69. The van der Waals surface area contributed by atoms with Crippen LogP contribution in [0.25, 0.3) is 0 Å². The summed E-state index contributed by atoms with van der Waals surface area (Å²) in [6.07, 6.45) is 3.21. The lowest BCUT2D eigenvalue weighted by Gasteiger charge is -2.48. The van der Waals surface area contributed by atoms with E-state index in [1.165, 1.54) is 6.42 Å². The molecule has 3 N–H and O–H groups in total. The van der Waals surface area contributed by atoms with Crippen LogP contribution in [-0.4, -0.2) is 65.3 Å². The van der Waals surface area contributed by atoms with Gasteiger partial charge in [-0.15, -0.1) is 0 Å². The Morgan fingerprint density at radius 1 is 1.10 bits per heavy atom. The number of hydrogen-bond donors (Lipinski definition) is 3. The minimum absolute atomic E-state index is 0.165. The Morgan fingerprint density at radius 2 is 1.86 bits per heavy atom. The van der Waals surface area contributed by atoms with Crippen molar-refractivity contribution in [2.24, 2.45) is 5.92 Å². The van der Waals surface area contributed by atoms with Gasteiger partial charge in [-0.1, -0.05) is 19.3 Å². The number of fused-ring (bicyclic) bond motifs is 1. The zero-order chi connectivity index (χ0) is 14.8. The lowest BCUT2D eigenvalue weighted by Crippen LogP contribution is -2.60. The fourth-order valence-corrected chi connectivity index (χ4v) is 3.72. The van der Waals surface area contributed by atoms with E-state index < -0.39 is 30.7 Å². The molecule has 3 rings (SSSR count). The molecule has 3 fully saturated rings. The summed E-state index contributed by atoms with van der Waals surface area (Å²) in [5, 5.41) is 29.4. The smallest absolute Gasteiger partial charge is 0.164 e. The van der Waals surface area contributed by atoms with Gasteiger partial charge in [0.15, 0.2) is 6.29 Å². The van der Waals surface area contributed by atoms with E-state index in [2.05, 4.69) is 0 Å². The standard InChI is InChI=1S/C15H26O6/c16-7-12-13(18)14-11(6-9(17)8-19-14)15(21-12)20-10-4-2-1-3-5-10/h9-18H,1-8H2/t9?,11-,12-,13-,14-,15+/m1/s1. The molecule has 3 aliphatic rings. The molecule has 0 radical (unpaired) electrons. The van der Waals surface area contributed by atoms with Crippen LogP contribution in [0.3, 0.4) is 0 Å². The molecule has 1 saturated carbocycles. The Labute approximate surface area is 125 Å². The highest BCUT2D eigenvalue weighted by Crippen LogP contribution is 2.37. The minimum atomic E-state index is -0.876. The number of rotatable bonds is 3. The van der Waals surface area contributed by atoms with E-state index in [9.17, 15) is 15.3 Å². The van der Waals surface area contributed by atoms with Crippen LogP contribution in [0.15, 0.2) is 0 Å². The molecule has 0 bridgehead atoms. The van der Waals surface area contributed by atoms with Crippen molar-refractivity contribution in [3.05, 3.63) is 0 Å². The highest BCUT2D eigenvalue weighted by atomic mass is 16.7. The van der Waals surface area contributed by atoms with Gasteiger partial charge >= 0.3 is 0 Å². The molecule has 2 aliphatic heterocycles. The van der Waals surface area contributed by atoms with E-state index >= 15 is 0 Å². The predicted molar refractivity (Wildman–Crippen MR) is 73.6 cm³/mol. The Bertz CT molecular complexity index is 332. The van der Waals surface area contributed by atoms with Crippen LogP contribution in [0.4, 0.5) is 0 Å². The maximum Gasteiger partial charge on any atom is 0.164 e. The molecular formula is C15H26O6. The fourth-order valence-electron chi connectivity index (χ4n) is 3.72. The SMILES string of the molecule is OC[C@H]1O[C@H](OC2CCCCC2)[C@@H]2CC(O)CO[C@H]2[C@@H]1O. The molecule has 6 nitrogen and oxygen atoms in total. The third kappa shape index (κ3) is 3.41. The lowest BCUT2D eigenvalue weighted by atomic mass is 9.84. The average molecular weight is 302 g/mol. The van der Waals surface area contributed by atoms with Gasteiger partial charge < -0.3 is 29.5 Å². The van der Waals surface area contributed by atoms with Gasteiger partial charge in [0.1, 0.15) is 12.2 Å². The highest BCUT2D eigenvalue weighted by molar-refractivity contribution is 4.94. The van der Waals surface area contributed by atoms with Gasteiger partial charge in [-0.05, 0) is 19.3 Å². The van der Waals surface area contributed by atoms with Crippen molar-refractivity contribution in [3.8, 4) is 0 Å². The normalized spacial score (nSPS) is 45.3. The molecule has 0 aromatic heterocycles. The van der Waals surface area contributed by atoms with Crippen LogP contribution in [-0.2, 0) is 14.2 Å². The maximum atomic E-state index is 10.2. The summed E-state index contributed by atoms with van der Waals surface area (Å²) in [6.45, 7) is -0.0483. The van der Waals surface area contributed by atoms with Crippen LogP contribution in [0.2, 0.25) is 0 Å². The third-order valence-corrected chi connectivity index (χ3v) is 4.88. The molecule has 0 aromatic carbocycles. The first-order valence-electron chi connectivity index (χ1n) is 8.08. The second-order valence-corrected chi connectivity index (χ2v) is 6.46. The Kier molecular flexibility index (Phi) is 5.14. The van der Waals surface area contributed by atoms with Crippen molar-refractivity contribution >= 4 is 0 Å². The third-order valence-electron chi connectivity index (χ3n) is 4.88. The van der Waals surface area contributed by atoms with E-state index in [4.69, 9.17) is 14.2 Å². The molecule has 1 unspecified atom stereocenters. The van der Waals surface area contributed by atoms with E-state index in [-0.39, 0.29) is 25.2 Å². The molecule has 6 heteroatoms. The molecular weight excluding hydrogens is 276 g/mol. The van der Waals surface area contributed by atoms with Gasteiger partial charge in [0, 0.05) is 5.92 Å². The first-order valence-corrected chi connectivity index (χ1v) is 8.08. The number of ether oxygens (including phenoxy) is 3. The Morgan fingerprint density at radius 3 is 2.57 bits per heavy atom. The topological polar surface area (TPSA) is 88.4 Å². The number of hydrogen-bond acceptors (Lipinski definition) is 6. The summed E-state index contributed by atoms with van der Waals surface area (Å²) in [7, 11) is 0. The molecule has 0 spiro atoms. The van der Waals surface area contributed by atoms with Crippen LogP contribution in [0, 0.1) is 5.92 Å². The van der Waals surface area contributed by atoms with Gasteiger partial charge in [0.25, 0.3) is 0 Å². The molecule has 0 amide bonds. The van der Waals surface area contributed by atoms with Gasteiger partial charge in [-0.25, -0.2) is 0 Å². The van der Waals surface area contributed by atoms with Gasteiger partial charge in [-0.2, -0.15) is 0 Å². The molecule has 1 aliphatic carbocycles. The van der Waals surface area contributed by atoms with Gasteiger partial charge in [-0.3, -0.25) is 0 Å². The summed E-state index contributed by atoms with van der Waals surface area (Å²) >= 11 is 0. The first-order chi connectivity index (χ1) is 10.2. The summed E-state index contributed by atoms with van der Waals surface area (Å²) in [5.41, 5.74) is 0. The zero-order valence-electron chi connectivity index (χ0n) is 12.3.